The van der Waals surface area contributed by atoms with Crippen molar-refractivity contribution in [1.29, 1.82) is 0 Å². The largest absolute Gasteiger partial charge is 0.479 e. The standard InChI is InChI=1S/C19H23F3N2O.C4H6O6/c1-12-5-13(10-23-17-4-3-14(20)7-17)19(11-25-2)24(12)18-8-15(21)6-16(22)9-18;5-1(3(7)8)2(6)4(9)10/h5-6,8-9,14,17,23H,3-4,7,10-11H2,1-2H3;1-2,5-6H,(H,7,8)(H,9,10)/t14-,17+;/m1./s1. The van der Waals surface area contributed by atoms with Crippen molar-refractivity contribution in [3.8, 4) is 5.69 Å². The molecule has 0 bridgehead atoms. The minimum Gasteiger partial charge on any atom is -0.479 e. The number of aryl methyl sites for hydroxylation is 1. The number of carboxylic acids is 2. The number of rotatable bonds is 9. The normalized spacial score (nSPS) is 19.1. The molecule has 5 N–H and O–H groups in total. The Labute approximate surface area is 199 Å². The van der Waals surface area contributed by atoms with Gasteiger partial charge in [0.2, 0.25) is 0 Å². The van der Waals surface area contributed by atoms with E-state index < -0.39 is 42.0 Å². The number of aliphatic hydroxyl groups excluding tert-OH is 2. The monoisotopic (exact) mass is 502 g/mol. The van der Waals surface area contributed by atoms with E-state index in [2.05, 4.69) is 5.32 Å². The van der Waals surface area contributed by atoms with Crippen LogP contribution in [-0.2, 0) is 27.5 Å². The Morgan fingerprint density at radius 2 is 1.66 bits per heavy atom. The van der Waals surface area contributed by atoms with E-state index in [-0.39, 0.29) is 6.04 Å². The lowest BCUT2D eigenvalue weighted by atomic mass is 10.2. The zero-order chi connectivity index (χ0) is 26.3. The van der Waals surface area contributed by atoms with E-state index in [9.17, 15) is 22.8 Å². The van der Waals surface area contributed by atoms with Crippen LogP contribution in [0, 0.1) is 18.6 Å². The zero-order valence-electron chi connectivity index (χ0n) is 19.2. The number of alkyl halides is 1. The van der Waals surface area contributed by atoms with Crippen LogP contribution in [0.4, 0.5) is 13.2 Å². The van der Waals surface area contributed by atoms with E-state index in [1.807, 2.05) is 13.0 Å². The van der Waals surface area contributed by atoms with Crippen LogP contribution in [0.15, 0.2) is 24.3 Å². The molecular formula is C23H29F3N2O7. The van der Waals surface area contributed by atoms with Gasteiger partial charge in [-0.15, -0.1) is 0 Å². The molecule has 0 spiro atoms. The molecule has 4 atom stereocenters. The lowest BCUT2D eigenvalue weighted by Gasteiger charge is -2.15. The van der Waals surface area contributed by atoms with Gasteiger partial charge in [0.05, 0.1) is 18.0 Å². The van der Waals surface area contributed by atoms with E-state index in [0.29, 0.717) is 31.7 Å². The van der Waals surface area contributed by atoms with E-state index in [1.165, 1.54) is 12.1 Å². The Morgan fingerprint density at radius 1 is 1.09 bits per heavy atom. The van der Waals surface area contributed by atoms with Crippen LogP contribution in [-0.4, -0.2) is 68.5 Å². The molecule has 0 radical (unpaired) electrons. The summed E-state index contributed by atoms with van der Waals surface area (Å²) in [6.45, 7) is 2.78. The topological polar surface area (TPSA) is 141 Å². The minimum absolute atomic E-state index is 0.167. The van der Waals surface area contributed by atoms with Gasteiger partial charge in [0.15, 0.2) is 12.2 Å². The van der Waals surface area contributed by atoms with Gasteiger partial charge in [-0.3, -0.25) is 0 Å². The summed E-state index contributed by atoms with van der Waals surface area (Å²) in [6.07, 6.45) is -3.29. The van der Waals surface area contributed by atoms with Crippen LogP contribution in [0.3, 0.4) is 0 Å². The van der Waals surface area contributed by atoms with Gasteiger partial charge >= 0.3 is 11.9 Å². The Morgan fingerprint density at radius 3 is 2.11 bits per heavy atom. The fraction of sp³-hybridized carbons (Fsp3) is 0.478. The van der Waals surface area contributed by atoms with E-state index in [1.54, 1.807) is 11.7 Å². The zero-order valence-corrected chi connectivity index (χ0v) is 19.2. The highest BCUT2D eigenvalue weighted by molar-refractivity contribution is 5.83. The molecule has 194 valence electrons. The second-order valence-electron chi connectivity index (χ2n) is 8.21. The maximum atomic E-state index is 13.6. The first-order valence-electron chi connectivity index (χ1n) is 10.8. The predicted molar refractivity (Wildman–Crippen MR) is 118 cm³/mol. The maximum absolute atomic E-state index is 13.6. The summed E-state index contributed by atoms with van der Waals surface area (Å²) in [5.74, 6) is -4.78. The van der Waals surface area contributed by atoms with Gasteiger partial charge in [0.25, 0.3) is 0 Å². The van der Waals surface area contributed by atoms with Crippen LogP contribution in [0.2, 0.25) is 0 Å². The van der Waals surface area contributed by atoms with Crippen LogP contribution in [0.25, 0.3) is 5.69 Å². The summed E-state index contributed by atoms with van der Waals surface area (Å²) in [7, 11) is 1.58. The van der Waals surface area contributed by atoms with Crippen molar-refractivity contribution in [3.63, 3.8) is 0 Å². The number of nitrogens with one attached hydrogen (secondary N) is 1. The molecule has 0 aliphatic heterocycles. The highest BCUT2D eigenvalue weighted by atomic mass is 19.1. The van der Waals surface area contributed by atoms with Crippen LogP contribution >= 0.6 is 0 Å². The number of aromatic nitrogens is 1. The Bertz CT molecular complexity index is 993. The maximum Gasteiger partial charge on any atom is 0.335 e. The fourth-order valence-electron chi connectivity index (χ4n) is 3.87. The third-order valence-corrected chi connectivity index (χ3v) is 5.52. The molecule has 9 nitrogen and oxygen atoms in total. The summed E-state index contributed by atoms with van der Waals surface area (Å²) < 4.78 is 47.7. The van der Waals surface area contributed by atoms with Crippen molar-refractivity contribution < 1.29 is 47.9 Å². The molecule has 1 aromatic carbocycles. The fourth-order valence-corrected chi connectivity index (χ4v) is 3.87. The Kier molecular flexibility index (Phi) is 10.3. The van der Waals surface area contributed by atoms with Gasteiger partial charge in [0, 0.05) is 31.5 Å². The van der Waals surface area contributed by atoms with Gasteiger partial charge in [-0.1, -0.05) is 0 Å². The third-order valence-electron chi connectivity index (χ3n) is 5.52. The van der Waals surface area contributed by atoms with Gasteiger partial charge < -0.3 is 35.0 Å². The molecule has 1 fully saturated rings. The lowest BCUT2D eigenvalue weighted by Crippen LogP contribution is -2.39. The summed E-state index contributed by atoms with van der Waals surface area (Å²) in [5, 5.41) is 35.9. The molecule has 35 heavy (non-hydrogen) atoms. The molecule has 12 heteroatoms. The molecule has 1 aromatic heterocycles. The predicted octanol–water partition coefficient (Wildman–Crippen LogP) is 2.07. The highest BCUT2D eigenvalue weighted by Crippen LogP contribution is 2.26. The second kappa shape index (κ2) is 12.7. The smallest absolute Gasteiger partial charge is 0.335 e. The summed E-state index contributed by atoms with van der Waals surface area (Å²) in [6, 6.07) is 5.61. The number of hydrogen-bond donors (Lipinski definition) is 5. The van der Waals surface area contributed by atoms with Crippen molar-refractivity contribution in [2.24, 2.45) is 0 Å². The average Bonchev–Trinajstić information content (AvgIpc) is 3.33. The number of ether oxygens (including phenoxy) is 1. The average molecular weight is 502 g/mol. The van der Waals surface area contributed by atoms with Gasteiger partial charge in [-0.2, -0.15) is 0 Å². The molecule has 1 saturated carbocycles. The van der Waals surface area contributed by atoms with Gasteiger partial charge in [-0.05, 0) is 49.9 Å². The van der Waals surface area contributed by atoms with Crippen LogP contribution in [0.5, 0.6) is 0 Å². The first-order valence-corrected chi connectivity index (χ1v) is 10.8. The Hall–Kier alpha value is -2.93. The minimum atomic E-state index is -2.27. The van der Waals surface area contributed by atoms with Crippen molar-refractivity contribution >= 4 is 11.9 Å². The van der Waals surface area contributed by atoms with Crippen molar-refractivity contribution in [3.05, 3.63) is 52.9 Å². The number of halogens is 3. The van der Waals surface area contributed by atoms with Crippen LogP contribution < -0.4 is 5.32 Å². The second-order valence-corrected chi connectivity index (χ2v) is 8.21. The molecule has 0 amide bonds. The van der Waals surface area contributed by atoms with Gasteiger partial charge in [0.1, 0.15) is 17.8 Å². The number of carbonyl (C=O) groups is 2. The molecule has 2 aromatic rings. The number of aliphatic carboxylic acids is 2. The van der Waals surface area contributed by atoms with E-state index in [0.717, 1.165) is 29.4 Å². The molecule has 2 unspecified atom stereocenters. The number of hydrogen-bond acceptors (Lipinski definition) is 6. The molecular weight excluding hydrogens is 473 g/mol. The first-order chi connectivity index (χ1) is 16.4. The third kappa shape index (κ3) is 7.79. The summed E-state index contributed by atoms with van der Waals surface area (Å²) >= 11 is 0. The summed E-state index contributed by atoms with van der Waals surface area (Å²) in [4.78, 5) is 19.5. The summed E-state index contributed by atoms with van der Waals surface area (Å²) in [5.41, 5.74) is 3.13. The number of methoxy groups -OCH3 is 1. The lowest BCUT2D eigenvalue weighted by molar-refractivity contribution is -0.165. The number of benzene rings is 1. The molecule has 3 rings (SSSR count). The SMILES string of the molecule is COCc1c(CN[C@H]2CC[C@@H](F)C2)cc(C)n1-c1cc(F)cc(F)c1.O=C(O)C(O)C(O)C(=O)O. The van der Waals surface area contributed by atoms with Crippen molar-refractivity contribution in [2.45, 2.75) is 63.8 Å². The number of nitrogens with zero attached hydrogens (tertiary/aromatic N) is 1. The molecule has 1 heterocycles. The first kappa shape index (κ1) is 28.3. The molecule has 1 aliphatic carbocycles. The van der Waals surface area contributed by atoms with E-state index in [4.69, 9.17) is 25.2 Å². The number of carboxylic acid groups (broad SMARTS) is 2. The Balaban J connectivity index is 0.000000367. The van der Waals surface area contributed by atoms with Crippen molar-refractivity contribution in [1.82, 2.24) is 9.88 Å². The van der Waals surface area contributed by atoms with Gasteiger partial charge in [-0.25, -0.2) is 22.8 Å². The highest BCUT2D eigenvalue weighted by Gasteiger charge is 2.29. The number of aliphatic hydroxyl groups is 2. The molecule has 0 saturated heterocycles. The van der Waals surface area contributed by atoms with Crippen molar-refractivity contribution in [2.75, 3.05) is 7.11 Å². The van der Waals surface area contributed by atoms with E-state index >= 15 is 0 Å². The van der Waals surface area contributed by atoms with Crippen LogP contribution in [0.1, 0.15) is 36.2 Å². The molecule has 1 aliphatic rings. The quantitative estimate of drug-likeness (QED) is 0.351.